The van der Waals surface area contributed by atoms with Crippen molar-refractivity contribution in [3.8, 4) is 0 Å². The van der Waals surface area contributed by atoms with Crippen molar-refractivity contribution in [2.45, 2.75) is 19.3 Å². The Morgan fingerprint density at radius 1 is 1.26 bits per heavy atom. The standard InChI is InChI=1S/C14H16BrNO3/c1-14(2,10-3-5-11(15)6-4-10)9-16-12(17)7-8-13(18)19/h3-8H,9H2,1-2H3,(H,16,17)(H,18,19)/b8-7+. The number of benzene rings is 1. The van der Waals surface area contributed by atoms with Crippen LogP contribution in [0.3, 0.4) is 0 Å². The van der Waals surface area contributed by atoms with E-state index in [1.54, 1.807) is 0 Å². The number of carboxylic acid groups (broad SMARTS) is 1. The summed E-state index contributed by atoms with van der Waals surface area (Å²) in [7, 11) is 0. The minimum absolute atomic E-state index is 0.229. The molecule has 0 aliphatic rings. The zero-order valence-electron chi connectivity index (χ0n) is 10.8. The van der Waals surface area contributed by atoms with Gasteiger partial charge < -0.3 is 10.4 Å². The molecule has 19 heavy (non-hydrogen) atoms. The Morgan fingerprint density at radius 2 is 1.84 bits per heavy atom. The fraction of sp³-hybridized carbons (Fsp3) is 0.286. The van der Waals surface area contributed by atoms with E-state index in [4.69, 9.17) is 5.11 Å². The molecule has 0 saturated heterocycles. The predicted octanol–water partition coefficient (Wildman–Crippen LogP) is 2.48. The number of carbonyl (C=O) groups excluding carboxylic acids is 1. The van der Waals surface area contributed by atoms with E-state index in [9.17, 15) is 9.59 Å². The van der Waals surface area contributed by atoms with Gasteiger partial charge in [0.2, 0.25) is 5.91 Å². The molecule has 5 heteroatoms. The molecule has 0 heterocycles. The van der Waals surface area contributed by atoms with Crippen LogP contribution in [0.25, 0.3) is 0 Å². The van der Waals surface area contributed by atoms with E-state index >= 15 is 0 Å². The molecular weight excluding hydrogens is 310 g/mol. The van der Waals surface area contributed by atoms with E-state index in [1.165, 1.54) is 0 Å². The maximum atomic E-state index is 11.4. The van der Waals surface area contributed by atoms with E-state index in [1.807, 2.05) is 38.1 Å². The third kappa shape index (κ3) is 5.26. The monoisotopic (exact) mass is 325 g/mol. The molecule has 2 N–H and O–H groups in total. The van der Waals surface area contributed by atoms with Crippen molar-refractivity contribution in [1.82, 2.24) is 5.32 Å². The maximum absolute atomic E-state index is 11.4. The number of halogens is 1. The molecule has 1 aromatic carbocycles. The maximum Gasteiger partial charge on any atom is 0.328 e. The molecule has 0 aliphatic carbocycles. The summed E-state index contributed by atoms with van der Waals surface area (Å²) < 4.78 is 1.00. The Morgan fingerprint density at radius 3 is 2.37 bits per heavy atom. The van der Waals surface area contributed by atoms with Gasteiger partial charge in [-0.15, -0.1) is 0 Å². The molecule has 102 valence electrons. The zero-order valence-corrected chi connectivity index (χ0v) is 12.4. The van der Waals surface area contributed by atoms with Crippen molar-refractivity contribution < 1.29 is 14.7 Å². The van der Waals surface area contributed by atoms with Crippen LogP contribution in [0.2, 0.25) is 0 Å². The lowest BCUT2D eigenvalue weighted by atomic mass is 9.84. The summed E-state index contributed by atoms with van der Waals surface area (Å²) in [4.78, 5) is 21.7. The molecule has 0 unspecified atom stereocenters. The number of hydrogen-bond acceptors (Lipinski definition) is 2. The van der Waals surface area contributed by atoms with Crippen LogP contribution in [0, 0.1) is 0 Å². The second kappa shape index (κ2) is 6.52. The van der Waals surface area contributed by atoms with E-state index in [0.29, 0.717) is 6.54 Å². The Bertz CT molecular complexity index is 492. The van der Waals surface area contributed by atoms with Crippen molar-refractivity contribution in [2.75, 3.05) is 6.54 Å². The van der Waals surface area contributed by atoms with Gasteiger partial charge in [0.05, 0.1) is 0 Å². The quantitative estimate of drug-likeness (QED) is 0.817. The van der Waals surface area contributed by atoms with E-state index < -0.39 is 11.9 Å². The summed E-state index contributed by atoms with van der Waals surface area (Å²) >= 11 is 3.37. The first kappa shape index (κ1) is 15.4. The first-order valence-electron chi connectivity index (χ1n) is 5.76. The van der Waals surface area contributed by atoms with E-state index in [0.717, 1.165) is 22.2 Å². The first-order chi connectivity index (χ1) is 8.81. The minimum atomic E-state index is -1.14. The van der Waals surface area contributed by atoms with E-state index in [2.05, 4.69) is 21.2 Å². The molecule has 0 radical (unpaired) electrons. The average Bonchev–Trinajstić information content (AvgIpc) is 2.34. The van der Waals surface area contributed by atoms with Gasteiger partial charge in [-0.1, -0.05) is 41.9 Å². The smallest absolute Gasteiger partial charge is 0.328 e. The lowest BCUT2D eigenvalue weighted by Crippen LogP contribution is -2.35. The molecule has 0 spiro atoms. The van der Waals surface area contributed by atoms with Crippen LogP contribution in [-0.4, -0.2) is 23.5 Å². The summed E-state index contributed by atoms with van der Waals surface area (Å²) in [6, 6.07) is 7.87. The molecule has 1 amide bonds. The summed E-state index contributed by atoms with van der Waals surface area (Å²) in [6.45, 7) is 4.45. The summed E-state index contributed by atoms with van der Waals surface area (Å²) in [5, 5.41) is 11.1. The Balaban J connectivity index is 2.62. The zero-order chi connectivity index (χ0) is 14.5. The van der Waals surface area contributed by atoms with Crippen LogP contribution in [0.5, 0.6) is 0 Å². The van der Waals surface area contributed by atoms with Crippen molar-refractivity contribution in [3.63, 3.8) is 0 Å². The van der Waals surface area contributed by atoms with Crippen LogP contribution in [0.1, 0.15) is 19.4 Å². The summed E-state index contributed by atoms with van der Waals surface area (Å²) in [6.07, 6.45) is 1.84. The second-order valence-electron chi connectivity index (χ2n) is 4.78. The van der Waals surface area contributed by atoms with Gasteiger partial charge in [0, 0.05) is 28.6 Å². The molecule has 1 rings (SSSR count). The van der Waals surface area contributed by atoms with Gasteiger partial charge in [0.25, 0.3) is 0 Å². The topological polar surface area (TPSA) is 66.4 Å². The molecule has 4 nitrogen and oxygen atoms in total. The number of carboxylic acids is 1. The van der Waals surface area contributed by atoms with Crippen LogP contribution >= 0.6 is 15.9 Å². The number of hydrogen-bond donors (Lipinski definition) is 2. The van der Waals surface area contributed by atoms with Gasteiger partial charge >= 0.3 is 5.97 Å². The third-order valence-electron chi connectivity index (χ3n) is 2.71. The summed E-state index contributed by atoms with van der Waals surface area (Å²) in [5.74, 6) is -1.55. The number of rotatable bonds is 5. The largest absolute Gasteiger partial charge is 0.478 e. The van der Waals surface area contributed by atoms with Crippen molar-refractivity contribution >= 4 is 27.8 Å². The predicted molar refractivity (Wildman–Crippen MR) is 77.0 cm³/mol. The first-order valence-corrected chi connectivity index (χ1v) is 6.55. The highest BCUT2D eigenvalue weighted by Crippen LogP contribution is 2.23. The molecule has 0 atom stereocenters. The normalized spacial score (nSPS) is 11.5. The molecule has 0 aromatic heterocycles. The van der Waals surface area contributed by atoms with Crippen molar-refractivity contribution in [2.24, 2.45) is 0 Å². The van der Waals surface area contributed by atoms with Gasteiger partial charge in [-0.05, 0) is 17.7 Å². The second-order valence-corrected chi connectivity index (χ2v) is 5.70. The number of amides is 1. The van der Waals surface area contributed by atoms with Crippen LogP contribution in [0.15, 0.2) is 40.9 Å². The van der Waals surface area contributed by atoms with Crippen LogP contribution in [-0.2, 0) is 15.0 Å². The lowest BCUT2D eigenvalue weighted by Gasteiger charge is -2.25. The van der Waals surface area contributed by atoms with Crippen molar-refractivity contribution in [1.29, 1.82) is 0 Å². The summed E-state index contributed by atoms with van der Waals surface area (Å²) in [5.41, 5.74) is 0.867. The Hall–Kier alpha value is -1.62. The molecule has 1 aromatic rings. The van der Waals surface area contributed by atoms with Gasteiger partial charge in [-0.25, -0.2) is 4.79 Å². The Labute approximate surface area is 120 Å². The van der Waals surface area contributed by atoms with Gasteiger partial charge in [-0.3, -0.25) is 4.79 Å². The minimum Gasteiger partial charge on any atom is -0.478 e. The van der Waals surface area contributed by atoms with Gasteiger partial charge in [0.1, 0.15) is 0 Å². The SMILES string of the molecule is CC(C)(CNC(=O)/C=C/C(=O)O)c1ccc(Br)cc1. The molecular formula is C14H16BrNO3. The fourth-order valence-electron chi connectivity index (χ4n) is 1.52. The average molecular weight is 326 g/mol. The molecule has 0 bridgehead atoms. The number of carbonyl (C=O) groups is 2. The fourth-order valence-corrected chi connectivity index (χ4v) is 1.78. The van der Waals surface area contributed by atoms with Crippen LogP contribution < -0.4 is 5.32 Å². The van der Waals surface area contributed by atoms with Gasteiger partial charge in [-0.2, -0.15) is 0 Å². The number of nitrogens with one attached hydrogen (secondary N) is 1. The highest BCUT2D eigenvalue weighted by Gasteiger charge is 2.20. The van der Waals surface area contributed by atoms with Gasteiger partial charge in [0.15, 0.2) is 0 Å². The highest BCUT2D eigenvalue weighted by atomic mass is 79.9. The molecule has 0 aliphatic heterocycles. The molecule has 0 fully saturated rings. The van der Waals surface area contributed by atoms with E-state index in [-0.39, 0.29) is 5.41 Å². The van der Waals surface area contributed by atoms with Crippen molar-refractivity contribution in [3.05, 3.63) is 46.5 Å². The van der Waals surface area contributed by atoms with Crippen LogP contribution in [0.4, 0.5) is 0 Å². The lowest BCUT2D eigenvalue weighted by molar-refractivity contribution is -0.131. The Kier molecular flexibility index (Phi) is 5.30. The highest BCUT2D eigenvalue weighted by molar-refractivity contribution is 9.10. The number of aliphatic carboxylic acids is 1. The third-order valence-corrected chi connectivity index (χ3v) is 3.24. The molecule has 0 saturated carbocycles.